The summed E-state index contributed by atoms with van der Waals surface area (Å²) in [7, 11) is -3.23. The number of para-hydroxylation sites is 2. The number of benzene rings is 2. The highest BCUT2D eigenvalue weighted by molar-refractivity contribution is 7.90. The minimum atomic E-state index is -3.23. The van der Waals surface area contributed by atoms with Gasteiger partial charge in [-0.3, -0.25) is 4.79 Å². The average molecular weight is 347 g/mol. The molecule has 0 saturated carbocycles. The second-order valence-electron chi connectivity index (χ2n) is 5.80. The Hall–Kier alpha value is -2.34. The molecule has 24 heavy (non-hydrogen) atoms. The van der Waals surface area contributed by atoms with E-state index in [0.717, 1.165) is 11.8 Å². The number of amides is 1. The maximum atomic E-state index is 12.2. The van der Waals surface area contributed by atoms with Gasteiger partial charge >= 0.3 is 0 Å². The molecule has 0 aliphatic rings. The van der Waals surface area contributed by atoms with Crippen molar-refractivity contribution in [3.8, 4) is 5.75 Å². The van der Waals surface area contributed by atoms with Crippen LogP contribution in [0.4, 0.5) is 5.69 Å². The van der Waals surface area contributed by atoms with E-state index in [2.05, 4.69) is 5.32 Å². The monoisotopic (exact) mass is 347 g/mol. The molecular weight excluding hydrogens is 326 g/mol. The van der Waals surface area contributed by atoms with E-state index in [1.165, 1.54) is 12.1 Å². The van der Waals surface area contributed by atoms with E-state index in [0.29, 0.717) is 11.4 Å². The maximum Gasteiger partial charge on any atom is 0.228 e. The van der Waals surface area contributed by atoms with Gasteiger partial charge in [-0.1, -0.05) is 24.3 Å². The summed E-state index contributed by atoms with van der Waals surface area (Å²) in [6.07, 6.45) is 1.31. The molecule has 0 aliphatic carbocycles. The molecule has 0 heterocycles. The predicted octanol–water partition coefficient (Wildman–Crippen LogP) is 3.06. The number of carbonyl (C=O) groups is 1. The van der Waals surface area contributed by atoms with Crippen molar-refractivity contribution in [3.63, 3.8) is 0 Å². The predicted molar refractivity (Wildman–Crippen MR) is 94.1 cm³/mol. The van der Waals surface area contributed by atoms with Gasteiger partial charge in [0.2, 0.25) is 5.91 Å². The molecule has 5 nitrogen and oxygen atoms in total. The van der Waals surface area contributed by atoms with Crippen molar-refractivity contribution in [1.82, 2.24) is 0 Å². The summed E-state index contributed by atoms with van der Waals surface area (Å²) in [5.74, 6) is 0.426. The highest BCUT2D eigenvalue weighted by Crippen LogP contribution is 2.25. The van der Waals surface area contributed by atoms with Crippen LogP contribution in [-0.4, -0.2) is 26.7 Å². The summed E-state index contributed by atoms with van der Waals surface area (Å²) in [4.78, 5) is 12.5. The molecular formula is C18H21NO4S. The smallest absolute Gasteiger partial charge is 0.228 e. The number of anilines is 1. The molecule has 1 N–H and O–H groups in total. The van der Waals surface area contributed by atoms with Crippen molar-refractivity contribution in [2.75, 3.05) is 11.6 Å². The second-order valence-corrected chi connectivity index (χ2v) is 7.82. The van der Waals surface area contributed by atoms with Gasteiger partial charge in [0.05, 0.1) is 23.1 Å². The van der Waals surface area contributed by atoms with Crippen LogP contribution in [0.2, 0.25) is 0 Å². The summed E-state index contributed by atoms with van der Waals surface area (Å²) < 4.78 is 28.5. The van der Waals surface area contributed by atoms with Crippen LogP contribution in [0.5, 0.6) is 5.75 Å². The van der Waals surface area contributed by atoms with Gasteiger partial charge in [-0.2, -0.15) is 0 Å². The largest absolute Gasteiger partial charge is 0.489 e. The van der Waals surface area contributed by atoms with Crippen LogP contribution < -0.4 is 10.1 Å². The van der Waals surface area contributed by atoms with Crippen LogP contribution in [0.25, 0.3) is 0 Å². The average Bonchev–Trinajstić information content (AvgIpc) is 2.48. The lowest BCUT2D eigenvalue weighted by Crippen LogP contribution is -2.16. The van der Waals surface area contributed by atoms with Gasteiger partial charge in [-0.15, -0.1) is 0 Å². The van der Waals surface area contributed by atoms with E-state index >= 15 is 0 Å². The van der Waals surface area contributed by atoms with E-state index in [9.17, 15) is 13.2 Å². The Bertz CT molecular complexity index is 811. The third kappa shape index (κ3) is 5.09. The second kappa shape index (κ2) is 7.49. The molecule has 0 unspecified atom stereocenters. The Labute approximate surface area is 142 Å². The molecule has 6 heteroatoms. The minimum Gasteiger partial charge on any atom is -0.489 e. The quantitative estimate of drug-likeness (QED) is 0.872. The minimum absolute atomic E-state index is 0.00610. The number of carbonyl (C=O) groups excluding carboxylic acids is 1. The van der Waals surface area contributed by atoms with E-state index in [1.807, 2.05) is 26.0 Å². The van der Waals surface area contributed by atoms with E-state index in [4.69, 9.17) is 4.74 Å². The van der Waals surface area contributed by atoms with Crippen LogP contribution in [0.3, 0.4) is 0 Å². The Balaban J connectivity index is 2.06. The number of sulfone groups is 1. The molecule has 0 atom stereocenters. The fourth-order valence-electron chi connectivity index (χ4n) is 2.16. The van der Waals surface area contributed by atoms with Gasteiger partial charge in [0, 0.05) is 6.26 Å². The van der Waals surface area contributed by atoms with Crippen molar-refractivity contribution in [2.45, 2.75) is 31.3 Å². The van der Waals surface area contributed by atoms with Crippen molar-refractivity contribution in [1.29, 1.82) is 0 Å². The van der Waals surface area contributed by atoms with E-state index < -0.39 is 9.84 Å². The Morgan fingerprint density at radius 3 is 2.29 bits per heavy atom. The topological polar surface area (TPSA) is 72.5 Å². The molecule has 128 valence electrons. The zero-order valence-electron chi connectivity index (χ0n) is 13.9. The third-order valence-corrected chi connectivity index (χ3v) is 4.37. The van der Waals surface area contributed by atoms with Gasteiger partial charge in [0.25, 0.3) is 0 Å². The maximum absolute atomic E-state index is 12.2. The fourth-order valence-corrected chi connectivity index (χ4v) is 2.79. The molecule has 2 rings (SSSR count). The summed E-state index contributed by atoms with van der Waals surface area (Å²) >= 11 is 0. The van der Waals surface area contributed by atoms with E-state index in [-0.39, 0.29) is 23.3 Å². The van der Waals surface area contributed by atoms with Crippen molar-refractivity contribution in [3.05, 3.63) is 54.1 Å². The standard InChI is InChI=1S/C18H21NO4S/c1-13(2)23-17-7-5-4-6-16(17)19-18(20)12-14-8-10-15(11-9-14)24(3,21)22/h4-11,13H,12H2,1-3H3,(H,19,20). The summed E-state index contributed by atoms with van der Waals surface area (Å²) in [5.41, 5.74) is 1.35. The van der Waals surface area contributed by atoms with Gasteiger partial charge in [0.1, 0.15) is 5.75 Å². The van der Waals surface area contributed by atoms with Crippen molar-refractivity contribution < 1.29 is 17.9 Å². The number of nitrogens with one attached hydrogen (secondary N) is 1. The first kappa shape index (κ1) is 18.0. The molecule has 0 bridgehead atoms. The lowest BCUT2D eigenvalue weighted by Gasteiger charge is -2.14. The van der Waals surface area contributed by atoms with Crippen LogP contribution in [-0.2, 0) is 21.1 Å². The third-order valence-electron chi connectivity index (χ3n) is 3.24. The number of hydrogen-bond donors (Lipinski definition) is 1. The van der Waals surface area contributed by atoms with Crippen molar-refractivity contribution in [2.24, 2.45) is 0 Å². The summed E-state index contributed by atoms with van der Waals surface area (Å²) in [6, 6.07) is 13.6. The Kier molecular flexibility index (Phi) is 5.62. The van der Waals surface area contributed by atoms with Gasteiger partial charge in [-0.25, -0.2) is 8.42 Å². The van der Waals surface area contributed by atoms with Crippen LogP contribution >= 0.6 is 0 Å². The lowest BCUT2D eigenvalue weighted by atomic mass is 10.1. The highest BCUT2D eigenvalue weighted by Gasteiger charge is 2.11. The normalized spacial score (nSPS) is 11.3. The van der Waals surface area contributed by atoms with Gasteiger partial charge < -0.3 is 10.1 Å². The number of hydrogen-bond acceptors (Lipinski definition) is 4. The molecule has 1 amide bonds. The SMILES string of the molecule is CC(C)Oc1ccccc1NC(=O)Cc1ccc(S(C)(=O)=O)cc1. The van der Waals surface area contributed by atoms with Crippen LogP contribution in [0, 0.1) is 0 Å². The Morgan fingerprint density at radius 2 is 1.71 bits per heavy atom. The Morgan fingerprint density at radius 1 is 1.08 bits per heavy atom. The van der Waals surface area contributed by atoms with E-state index in [1.54, 1.807) is 24.3 Å². The summed E-state index contributed by atoms with van der Waals surface area (Å²) in [5, 5.41) is 2.83. The molecule has 0 radical (unpaired) electrons. The van der Waals surface area contributed by atoms with Gasteiger partial charge in [0.15, 0.2) is 9.84 Å². The van der Waals surface area contributed by atoms with Gasteiger partial charge in [-0.05, 0) is 43.7 Å². The highest BCUT2D eigenvalue weighted by atomic mass is 32.2. The molecule has 0 fully saturated rings. The first-order chi connectivity index (χ1) is 11.3. The zero-order chi connectivity index (χ0) is 17.7. The number of ether oxygens (including phenoxy) is 1. The van der Waals surface area contributed by atoms with Crippen LogP contribution in [0.1, 0.15) is 19.4 Å². The van der Waals surface area contributed by atoms with Crippen molar-refractivity contribution >= 4 is 21.4 Å². The zero-order valence-corrected chi connectivity index (χ0v) is 14.8. The first-order valence-electron chi connectivity index (χ1n) is 7.60. The first-order valence-corrected chi connectivity index (χ1v) is 9.49. The molecule has 2 aromatic rings. The van der Waals surface area contributed by atoms with Crippen LogP contribution in [0.15, 0.2) is 53.4 Å². The summed E-state index contributed by atoms with van der Waals surface area (Å²) in [6.45, 7) is 3.84. The lowest BCUT2D eigenvalue weighted by molar-refractivity contribution is -0.115. The number of rotatable bonds is 6. The molecule has 2 aromatic carbocycles. The molecule has 0 saturated heterocycles. The molecule has 0 aromatic heterocycles. The molecule has 0 aliphatic heterocycles. The molecule has 0 spiro atoms. The fraction of sp³-hybridized carbons (Fsp3) is 0.278.